The minimum atomic E-state index is -1.14. The van der Waals surface area contributed by atoms with Crippen LogP contribution in [-0.4, -0.2) is 27.4 Å². The second-order valence-electron chi connectivity index (χ2n) is 3.56. The first kappa shape index (κ1) is 14.2. The van der Waals surface area contributed by atoms with E-state index in [0.717, 1.165) is 0 Å². The van der Waals surface area contributed by atoms with Gasteiger partial charge in [-0.1, -0.05) is 11.4 Å². The maximum Gasteiger partial charge on any atom is 0.167 e. The van der Waals surface area contributed by atoms with Crippen LogP contribution in [0.2, 0.25) is 0 Å². The highest BCUT2D eigenvalue weighted by Crippen LogP contribution is 2.51. The molecule has 0 rings (SSSR count). The molecule has 1 N–H and O–H groups in total. The van der Waals surface area contributed by atoms with Crippen LogP contribution in [0.25, 0.3) is 0 Å². The Hall–Kier alpha value is 0.190. The van der Waals surface area contributed by atoms with Gasteiger partial charge in [0.25, 0.3) is 0 Å². The molecular weight excluding hydrogens is 215 g/mol. The van der Waals surface area contributed by atoms with E-state index in [4.69, 9.17) is 5.26 Å². The van der Waals surface area contributed by atoms with Crippen LogP contribution >= 0.6 is 18.9 Å². The molecule has 0 spiro atoms. The molecule has 5 heteroatoms. The first-order chi connectivity index (χ1) is 6.50. The van der Waals surface area contributed by atoms with Gasteiger partial charge in [-0.25, -0.2) is 4.67 Å². The fraction of sp³-hybridized carbons (Fsp3) is 0.889. The van der Waals surface area contributed by atoms with Crippen LogP contribution in [-0.2, 0) is 0 Å². The van der Waals surface area contributed by atoms with Crippen LogP contribution < -0.4 is 0 Å². The molecule has 0 aromatic carbocycles. The van der Waals surface area contributed by atoms with E-state index in [-0.39, 0.29) is 0 Å². The maximum absolute atomic E-state index is 9.92. The van der Waals surface area contributed by atoms with Crippen molar-refractivity contribution in [1.29, 1.82) is 5.26 Å². The van der Waals surface area contributed by atoms with E-state index < -0.39 is 7.50 Å². The van der Waals surface area contributed by atoms with E-state index in [2.05, 4.69) is 38.4 Å². The van der Waals surface area contributed by atoms with E-state index in [1.807, 2.05) is 0 Å². The van der Waals surface area contributed by atoms with Crippen LogP contribution in [0, 0.1) is 11.3 Å². The lowest BCUT2D eigenvalue weighted by Crippen LogP contribution is -2.31. The van der Waals surface area contributed by atoms with E-state index >= 15 is 0 Å². The third kappa shape index (κ3) is 5.17. The van der Waals surface area contributed by atoms with Crippen molar-refractivity contribution in [3.63, 3.8) is 0 Å². The molecule has 0 saturated carbocycles. The number of nitrogens with zero attached hydrogens (tertiary/aromatic N) is 2. The molecule has 0 saturated heterocycles. The topological polar surface area (TPSA) is 47.3 Å². The maximum atomic E-state index is 9.92. The molecule has 0 amide bonds. The Balaban J connectivity index is 4.03. The third-order valence-corrected chi connectivity index (χ3v) is 5.42. The molecule has 0 fully saturated rings. The van der Waals surface area contributed by atoms with Gasteiger partial charge in [-0.3, -0.25) is 0 Å². The van der Waals surface area contributed by atoms with Gasteiger partial charge in [0.2, 0.25) is 0 Å². The highest BCUT2D eigenvalue weighted by atomic mass is 32.7. The lowest BCUT2D eigenvalue weighted by Gasteiger charge is -2.33. The predicted octanol–water partition coefficient (Wildman–Crippen LogP) is 2.97. The molecule has 0 aromatic heterocycles. The second-order valence-corrected chi connectivity index (χ2v) is 6.95. The van der Waals surface area contributed by atoms with Gasteiger partial charge in [0, 0.05) is 24.3 Å². The molecule has 0 aliphatic rings. The van der Waals surface area contributed by atoms with Crippen LogP contribution in [0.5, 0.6) is 0 Å². The van der Waals surface area contributed by atoms with Gasteiger partial charge in [-0.2, -0.15) is 5.26 Å². The van der Waals surface area contributed by atoms with Crippen LogP contribution in [0.15, 0.2) is 0 Å². The summed E-state index contributed by atoms with van der Waals surface area (Å²) in [5.41, 5.74) is 0. The lowest BCUT2D eigenvalue weighted by atomic mass is 10.3. The molecule has 0 radical (unpaired) electrons. The van der Waals surface area contributed by atoms with Gasteiger partial charge in [-0.15, -0.1) is 0 Å². The summed E-state index contributed by atoms with van der Waals surface area (Å²) in [6, 6.07) is 2.78. The van der Waals surface area contributed by atoms with Crippen LogP contribution in [0.1, 0.15) is 34.1 Å². The van der Waals surface area contributed by atoms with Crippen molar-refractivity contribution in [2.45, 2.75) is 46.2 Å². The molecule has 14 heavy (non-hydrogen) atoms. The molecule has 0 aliphatic carbocycles. The Morgan fingerprint density at radius 2 is 1.86 bits per heavy atom. The lowest BCUT2D eigenvalue weighted by molar-refractivity contribution is 0.304. The number of nitriles is 1. The van der Waals surface area contributed by atoms with E-state index in [9.17, 15) is 4.89 Å². The molecular formula is C9H19N2OPS. The highest BCUT2D eigenvalue weighted by Gasteiger charge is 2.22. The van der Waals surface area contributed by atoms with E-state index in [0.29, 0.717) is 24.3 Å². The van der Waals surface area contributed by atoms with Crippen LogP contribution in [0.4, 0.5) is 0 Å². The molecule has 0 bridgehead atoms. The zero-order chi connectivity index (χ0) is 11.1. The highest BCUT2D eigenvalue weighted by molar-refractivity contribution is 8.53. The SMILES string of the molecule is CC(C)N(C(C)C)P(O)SCCC#N. The van der Waals surface area contributed by atoms with Gasteiger partial charge in [0.05, 0.1) is 6.07 Å². The van der Waals surface area contributed by atoms with E-state index in [1.165, 1.54) is 11.4 Å². The van der Waals surface area contributed by atoms with Gasteiger partial charge in [-0.05, 0) is 27.7 Å². The average molecular weight is 234 g/mol. The largest absolute Gasteiger partial charge is 0.351 e. The Kier molecular flexibility index (Phi) is 7.58. The molecule has 1 unspecified atom stereocenters. The zero-order valence-corrected chi connectivity index (χ0v) is 11.0. The van der Waals surface area contributed by atoms with Crippen molar-refractivity contribution >= 4 is 18.9 Å². The van der Waals surface area contributed by atoms with Crippen molar-refractivity contribution in [1.82, 2.24) is 4.67 Å². The summed E-state index contributed by atoms with van der Waals surface area (Å²) < 4.78 is 2.09. The first-order valence-corrected chi connectivity index (χ1v) is 7.61. The molecule has 0 aromatic rings. The van der Waals surface area contributed by atoms with Crippen molar-refractivity contribution in [2.75, 3.05) is 5.75 Å². The molecule has 0 aliphatic heterocycles. The van der Waals surface area contributed by atoms with Crippen molar-refractivity contribution in [3.05, 3.63) is 0 Å². The number of hydrogen-bond acceptors (Lipinski definition) is 4. The van der Waals surface area contributed by atoms with Crippen molar-refractivity contribution < 1.29 is 4.89 Å². The Morgan fingerprint density at radius 3 is 2.21 bits per heavy atom. The summed E-state index contributed by atoms with van der Waals surface area (Å²) in [7, 11) is -1.14. The molecule has 82 valence electrons. The molecule has 1 atom stereocenters. The van der Waals surface area contributed by atoms with Gasteiger partial charge >= 0.3 is 0 Å². The predicted molar refractivity (Wildman–Crippen MR) is 63.9 cm³/mol. The summed E-state index contributed by atoms with van der Waals surface area (Å²) in [6.45, 7) is 8.32. The minimum absolute atomic E-state index is 0.348. The second kappa shape index (κ2) is 7.48. The summed E-state index contributed by atoms with van der Waals surface area (Å²) in [6.07, 6.45) is 0.508. The molecule has 0 heterocycles. The fourth-order valence-corrected chi connectivity index (χ4v) is 4.80. The number of rotatable bonds is 6. The smallest absolute Gasteiger partial charge is 0.167 e. The zero-order valence-electron chi connectivity index (χ0n) is 9.27. The van der Waals surface area contributed by atoms with E-state index in [1.54, 1.807) is 0 Å². The van der Waals surface area contributed by atoms with Crippen molar-refractivity contribution in [2.24, 2.45) is 0 Å². The summed E-state index contributed by atoms with van der Waals surface area (Å²) in [5.74, 6) is 0.717. The van der Waals surface area contributed by atoms with Crippen molar-refractivity contribution in [3.8, 4) is 6.07 Å². The molecule has 3 nitrogen and oxygen atoms in total. The summed E-state index contributed by atoms with van der Waals surface area (Å²) in [4.78, 5) is 9.92. The minimum Gasteiger partial charge on any atom is -0.351 e. The average Bonchev–Trinajstić information content (AvgIpc) is 2.03. The summed E-state index contributed by atoms with van der Waals surface area (Å²) in [5, 5.41) is 8.38. The first-order valence-electron chi connectivity index (χ1n) is 4.77. The Bertz CT molecular complexity index is 186. The van der Waals surface area contributed by atoms with Crippen LogP contribution in [0.3, 0.4) is 0 Å². The number of hydrogen-bond donors (Lipinski definition) is 1. The Labute approximate surface area is 92.1 Å². The van der Waals surface area contributed by atoms with Gasteiger partial charge < -0.3 is 4.89 Å². The standard InChI is InChI=1S/C9H19N2OPS/c1-8(2)11(9(3)4)13(12)14-7-5-6-10/h8-9,12H,5,7H2,1-4H3. The summed E-state index contributed by atoms with van der Waals surface area (Å²) >= 11 is 1.49. The Morgan fingerprint density at radius 1 is 1.36 bits per heavy atom. The normalized spacial score (nSPS) is 13.6. The monoisotopic (exact) mass is 234 g/mol. The quantitative estimate of drug-likeness (QED) is 0.567. The van der Waals surface area contributed by atoms with Gasteiger partial charge in [0.1, 0.15) is 0 Å². The fourth-order valence-electron chi connectivity index (χ4n) is 1.23. The van der Waals surface area contributed by atoms with Gasteiger partial charge in [0.15, 0.2) is 7.50 Å². The third-order valence-electron chi connectivity index (χ3n) is 1.68.